The third kappa shape index (κ3) is 3.31. The first-order chi connectivity index (χ1) is 14.7. The fourth-order valence-corrected chi connectivity index (χ4v) is 4.49. The number of para-hydroxylation sites is 1. The van der Waals surface area contributed by atoms with Gasteiger partial charge in [-0.3, -0.25) is 0 Å². The fraction of sp³-hybridized carbons (Fsp3) is 0.172. The first-order valence-corrected chi connectivity index (χ1v) is 10.9. The summed E-state index contributed by atoms with van der Waals surface area (Å²) < 4.78 is 2.42. The smallest absolute Gasteiger partial charge is 0.0541 e. The number of unbranched alkanes of at least 4 members (excludes halogenated alkanes) is 1. The Hall–Kier alpha value is -3.32. The summed E-state index contributed by atoms with van der Waals surface area (Å²) in [5.74, 6) is 0. The zero-order chi connectivity index (χ0) is 20.5. The van der Waals surface area contributed by atoms with E-state index >= 15 is 0 Å². The maximum atomic E-state index is 2.42. The Morgan fingerprint density at radius 1 is 0.667 bits per heavy atom. The van der Waals surface area contributed by atoms with Gasteiger partial charge in [-0.25, -0.2) is 0 Å². The minimum absolute atomic E-state index is 1.14. The summed E-state index contributed by atoms with van der Waals surface area (Å²) in [6, 6.07) is 33.4. The highest BCUT2D eigenvalue weighted by Gasteiger charge is 2.13. The second kappa shape index (κ2) is 7.84. The lowest BCUT2D eigenvalue weighted by molar-refractivity contribution is 0.794. The summed E-state index contributed by atoms with van der Waals surface area (Å²) in [6.07, 6.45) is 3.59. The van der Waals surface area contributed by atoms with E-state index in [4.69, 9.17) is 0 Å². The Balaban J connectivity index is 1.73. The van der Waals surface area contributed by atoms with Crippen LogP contribution in [0.5, 0.6) is 0 Å². The number of fused-ring (bicyclic) bond motifs is 3. The maximum absolute atomic E-state index is 2.42. The molecule has 148 valence electrons. The summed E-state index contributed by atoms with van der Waals surface area (Å²) in [6.45, 7) is 4.40. The van der Waals surface area contributed by atoms with Gasteiger partial charge < -0.3 is 4.57 Å². The lowest BCUT2D eigenvalue weighted by Crippen LogP contribution is -1.95. The van der Waals surface area contributed by atoms with Crippen molar-refractivity contribution in [1.82, 2.24) is 4.57 Å². The number of benzene rings is 4. The number of rotatable bonds is 5. The summed E-state index contributed by atoms with van der Waals surface area (Å²) in [5, 5.41) is 2.62. The topological polar surface area (TPSA) is 4.93 Å². The highest BCUT2D eigenvalue weighted by molar-refractivity contribution is 6.10. The quantitative estimate of drug-likeness (QED) is 0.286. The normalized spacial score (nSPS) is 11.4. The molecule has 5 aromatic rings. The molecular formula is C29H27N. The van der Waals surface area contributed by atoms with E-state index in [1.165, 1.54) is 62.6 Å². The zero-order valence-corrected chi connectivity index (χ0v) is 17.7. The van der Waals surface area contributed by atoms with Crippen LogP contribution in [0.1, 0.15) is 30.9 Å². The molecule has 0 radical (unpaired) electrons. The molecule has 0 atom stereocenters. The molecule has 1 heterocycles. The van der Waals surface area contributed by atoms with Crippen LogP contribution in [-0.4, -0.2) is 4.57 Å². The lowest BCUT2D eigenvalue weighted by atomic mass is 10.0. The molecule has 0 saturated heterocycles. The van der Waals surface area contributed by atoms with Gasteiger partial charge >= 0.3 is 0 Å². The number of aromatic nitrogens is 1. The average Bonchev–Trinajstić information content (AvgIpc) is 3.11. The highest BCUT2D eigenvalue weighted by Crippen LogP contribution is 2.35. The molecule has 0 fully saturated rings. The second-order valence-electron chi connectivity index (χ2n) is 8.23. The molecule has 1 nitrogen and oxygen atoms in total. The van der Waals surface area contributed by atoms with Crippen LogP contribution >= 0.6 is 0 Å². The predicted molar refractivity (Wildman–Crippen MR) is 130 cm³/mol. The summed E-state index contributed by atoms with van der Waals surface area (Å²) >= 11 is 0. The van der Waals surface area contributed by atoms with E-state index < -0.39 is 0 Å². The SMILES string of the molecule is CCCCc1cccc(-n2c3ccccc3c3cc(-c4cccc(C)c4)ccc32)c1. The molecule has 0 aliphatic heterocycles. The van der Waals surface area contributed by atoms with Crippen molar-refractivity contribution in [3.05, 3.63) is 102 Å². The van der Waals surface area contributed by atoms with Crippen LogP contribution in [0.15, 0.2) is 91.0 Å². The Morgan fingerprint density at radius 2 is 1.47 bits per heavy atom. The molecule has 4 aromatic carbocycles. The van der Waals surface area contributed by atoms with Gasteiger partial charge in [0.15, 0.2) is 0 Å². The molecule has 0 unspecified atom stereocenters. The van der Waals surface area contributed by atoms with Crippen LogP contribution < -0.4 is 0 Å². The van der Waals surface area contributed by atoms with Crippen molar-refractivity contribution in [3.8, 4) is 16.8 Å². The van der Waals surface area contributed by atoms with Gasteiger partial charge in [0.25, 0.3) is 0 Å². The molecular weight excluding hydrogens is 362 g/mol. The van der Waals surface area contributed by atoms with Crippen LogP contribution in [0.3, 0.4) is 0 Å². The minimum atomic E-state index is 1.14. The van der Waals surface area contributed by atoms with Crippen molar-refractivity contribution in [2.75, 3.05) is 0 Å². The predicted octanol–water partition coefficient (Wildman–Crippen LogP) is 8.10. The molecule has 0 aliphatic carbocycles. The van der Waals surface area contributed by atoms with E-state index in [2.05, 4.69) is 109 Å². The summed E-state index contributed by atoms with van der Waals surface area (Å²) in [5.41, 5.74) is 9.02. The van der Waals surface area contributed by atoms with E-state index in [0.29, 0.717) is 0 Å². The van der Waals surface area contributed by atoms with Crippen LogP contribution in [0.2, 0.25) is 0 Å². The number of hydrogen-bond acceptors (Lipinski definition) is 0. The van der Waals surface area contributed by atoms with E-state index in [9.17, 15) is 0 Å². The van der Waals surface area contributed by atoms with Crippen molar-refractivity contribution in [1.29, 1.82) is 0 Å². The number of hydrogen-bond donors (Lipinski definition) is 0. The second-order valence-corrected chi connectivity index (χ2v) is 8.23. The van der Waals surface area contributed by atoms with E-state index in [1.807, 2.05) is 0 Å². The highest BCUT2D eigenvalue weighted by atomic mass is 15.0. The lowest BCUT2D eigenvalue weighted by Gasteiger charge is -2.10. The zero-order valence-electron chi connectivity index (χ0n) is 17.7. The Kier molecular flexibility index (Phi) is 4.88. The summed E-state index contributed by atoms with van der Waals surface area (Å²) in [7, 11) is 0. The molecule has 5 rings (SSSR count). The Morgan fingerprint density at radius 3 is 2.33 bits per heavy atom. The molecule has 0 saturated carbocycles. The van der Waals surface area contributed by atoms with Gasteiger partial charge in [-0.15, -0.1) is 0 Å². The molecule has 1 aromatic heterocycles. The van der Waals surface area contributed by atoms with Gasteiger partial charge in [-0.2, -0.15) is 0 Å². The molecule has 0 spiro atoms. The number of nitrogens with zero attached hydrogens (tertiary/aromatic N) is 1. The Labute approximate surface area is 178 Å². The molecule has 30 heavy (non-hydrogen) atoms. The fourth-order valence-electron chi connectivity index (χ4n) is 4.49. The van der Waals surface area contributed by atoms with Gasteiger partial charge in [0.1, 0.15) is 0 Å². The van der Waals surface area contributed by atoms with Crippen molar-refractivity contribution < 1.29 is 0 Å². The maximum Gasteiger partial charge on any atom is 0.0541 e. The molecule has 0 amide bonds. The van der Waals surface area contributed by atoms with Crippen LogP contribution in [0.25, 0.3) is 38.6 Å². The van der Waals surface area contributed by atoms with Crippen molar-refractivity contribution in [2.24, 2.45) is 0 Å². The van der Waals surface area contributed by atoms with Crippen LogP contribution in [0.4, 0.5) is 0 Å². The van der Waals surface area contributed by atoms with Gasteiger partial charge in [-0.05, 0) is 66.8 Å². The monoisotopic (exact) mass is 389 g/mol. The van der Waals surface area contributed by atoms with E-state index in [-0.39, 0.29) is 0 Å². The van der Waals surface area contributed by atoms with Gasteiger partial charge in [0.05, 0.1) is 11.0 Å². The van der Waals surface area contributed by atoms with Crippen molar-refractivity contribution in [3.63, 3.8) is 0 Å². The van der Waals surface area contributed by atoms with Crippen molar-refractivity contribution in [2.45, 2.75) is 33.1 Å². The van der Waals surface area contributed by atoms with E-state index in [0.717, 1.165) is 6.42 Å². The van der Waals surface area contributed by atoms with Gasteiger partial charge in [-0.1, -0.05) is 79.6 Å². The van der Waals surface area contributed by atoms with Crippen LogP contribution in [0, 0.1) is 6.92 Å². The largest absolute Gasteiger partial charge is 0.309 e. The molecule has 0 bridgehead atoms. The minimum Gasteiger partial charge on any atom is -0.309 e. The molecule has 0 aliphatic rings. The summed E-state index contributed by atoms with van der Waals surface area (Å²) in [4.78, 5) is 0. The third-order valence-electron chi connectivity index (χ3n) is 6.01. The third-order valence-corrected chi connectivity index (χ3v) is 6.01. The first-order valence-electron chi connectivity index (χ1n) is 10.9. The van der Waals surface area contributed by atoms with Gasteiger partial charge in [0.2, 0.25) is 0 Å². The first kappa shape index (κ1) is 18.7. The Bertz CT molecular complexity index is 1340. The number of aryl methyl sites for hydroxylation is 2. The molecule has 1 heteroatoms. The van der Waals surface area contributed by atoms with E-state index in [1.54, 1.807) is 0 Å². The van der Waals surface area contributed by atoms with Crippen LogP contribution in [-0.2, 0) is 6.42 Å². The van der Waals surface area contributed by atoms with Gasteiger partial charge in [0, 0.05) is 16.5 Å². The standard InChI is InChI=1S/C29H27N/c1-3-4-10-22-11-8-13-25(19-22)30-28-15-6-5-14-26(28)27-20-24(16-17-29(27)30)23-12-7-9-21(2)18-23/h5-9,11-20H,3-4,10H2,1-2H3. The molecule has 0 N–H and O–H groups in total. The van der Waals surface area contributed by atoms with Crippen molar-refractivity contribution >= 4 is 21.8 Å². The average molecular weight is 390 g/mol.